The number of nitrogens with zero attached hydrogens (tertiary/aromatic N) is 1. The summed E-state index contributed by atoms with van der Waals surface area (Å²) in [7, 11) is 1.61. The number of esters is 1. The lowest BCUT2D eigenvalue weighted by Gasteiger charge is -2.13. The normalized spacial score (nSPS) is 10.4. The number of hydrogen-bond acceptors (Lipinski definition) is 6. The molecule has 1 aromatic carbocycles. The summed E-state index contributed by atoms with van der Waals surface area (Å²) in [6.07, 6.45) is 0. The third-order valence-corrected chi connectivity index (χ3v) is 4.19. The molecule has 5 nitrogen and oxygen atoms in total. The standard InChI is InChI=1S/C18H21FN2O3S/c1-4-24-18(22)14-10-15(19)17(25-5-2)21-16(14)20-11-12-6-8-13(23-3)9-7-12/h6-10H,4-5,11H2,1-3H3,(H,20,21). The molecule has 1 aromatic heterocycles. The number of halogens is 1. The molecule has 0 aliphatic carbocycles. The third kappa shape index (κ3) is 5.09. The van der Waals surface area contributed by atoms with Crippen molar-refractivity contribution >= 4 is 23.5 Å². The summed E-state index contributed by atoms with van der Waals surface area (Å²) in [4.78, 5) is 16.4. The van der Waals surface area contributed by atoms with Crippen molar-refractivity contribution in [3.63, 3.8) is 0 Å². The van der Waals surface area contributed by atoms with Crippen LogP contribution in [-0.2, 0) is 11.3 Å². The highest BCUT2D eigenvalue weighted by atomic mass is 32.2. The Kier molecular flexibility index (Phi) is 7.06. The second-order valence-corrected chi connectivity index (χ2v) is 6.28. The number of nitrogens with one attached hydrogen (secondary N) is 1. The average molecular weight is 364 g/mol. The third-order valence-electron chi connectivity index (χ3n) is 3.34. The zero-order valence-electron chi connectivity index (χ0n) is 14.5. The zero-order valence-corrected chi connectivity index (χ0v) is 15.3. The van der Waals surface area contributed by atoms with Gasteiger partial charge in [0.25, 0.3) is 0 Å². The molecule has 0 amide bonds. The molecule has 0 unspecified atom stereocenters. The van der Waals surface area contributed by atoms with E-state index < -0.39 is 11.8 Å². The van der Waals surface area contributed by atoms with Gasteiger partial charge in [0.2, 0.25) is 0 Å². The largest absolute Gasteiger partial charge is 0.497 e. The summed E-state index contributed by atoms with van der Waals surface area (Å²) in [6.45, 7) is 4.26. The zero-order chi connectivity index (χ0) is 18.2. The van der Waals surface area contributed by atoms with E-state index in [4.69, 9.17) is 9.47 Å². The first kappa shape index (κ1) is 19.1. The fourth-order valence-corrected chi connectivity index (χ4v) is 2.76. The van der Waals surface area contributed by atoms with E-state index in [-0.39, 0.29) is 17.2 Å². The van der Waals surface area contributed by atoms with E-state index in [1.54, 1.807) is 14.0 Å². The predicted octanol–water partition coefficient (Wildman–Crippen LogP) is 4.13. The minimum atomic E-state index is -0.598. The fraction of sp³-hybridized carbons (Fsp3) is 0.333. The Morgan fingerprint density at radius 3 is 2.60 bits per heavy atom. The van der Waals surface area contributed by atoms with Crippen LogP contribution in [0.4, 0.5) is 10.2 Å². The Labute approximate surface area is 150 Å². The van der Waals surface area contributed by atoms with E-state index in [1.807, 2.05) is 31.2 Å². The first-order valence-corrected chi connectivity index (χ1v) is 8.94. The number of thioether (sulfide) groups is 1. The van der Waals surface area contributed by atoms with Gasteiger partial charge in [-0.3, -0.25) is 0 Å². The van der Waals surface area contributed by atoms with Crippen LogP contribution in [0.3, 0.4) is 0 Å². The lowest BCUT2D eigenvalue weighted by Crippen LogP contribution is -2.13. The quantitative estimate of drug-likeness (QED) is 0.561. The van der Waals surface area contributed by atoms with E-state index in [9.17, 15) is 9.18 Å². The molecule has 0 radical (unpaired) electrons. The molecule has 0 bridgehead atoms. The predicted molar refractivity (Wildman–Crippen MR) is 96.9 cm³/mol. The first-order valence-electron chi connectivity index (χ1n) is 7.96. The van der Waals surface area contributed by atoms with E-state index in [0.717, 1.165) is 11.3 Å². The van der Waals surface area contributed by atoms with Gasteiger partial charge in [-0.2, -0.15) is 0 Å². The second-order valence-electron chi connectivity index (χ2n) is 5.03. The smallest absolute Gasteiger partial charge is 0.342 e. The maximum absolute atomic E-state index is 14.1. The summed E-state index contributed by atoms with van der Waals surface area (Å²) >= 11 is 1.28. The van der Waals surface area contributed by atoms with Crippen LogP contribution in [0.1, 0.15) is 29.8 Å². The van der Waals surface area contributed by atoms with Crippen molar-refractivity contribution in [1.29, 1.82) is 0 Å². The number of rotatable bonds is 8. The maximum atomic E-state index is 14.1. The number of aromatic nitrogens is 1. The summed E-state index contributed by atoms with van der Waals surface area (Å²) < 4.78 is 24.3. The number of benzene rings is 1. The Hall–Kier alpha value is -2.28. The minimum Gasteiger partial charge on any atom is -0.497 e. The Morgan fingerprint density at radius 1 is 1.28 bits per heavy atom. The minimum absolute atomic E-state index is 0.0910. The molecule has 1 N–H and O–H groups in total. The molecule has 0 aliphatic rings. The van der Waals surface area contributed by atoms with Crippen LogP contribution in [0.15, 0.2) is 35.4 Å². The molecule has 134 valence electrons. The van der Waals surface area contributed by atoms with Gasteiger partial charge in [-0.15, -0.1) is 11.8 Å². The van der Waals surface area contributed by atoms with E-state index >= 15 is 0 Å². The van der Waals surface area contributed by atoms with Gasteiger partial charge < -0.3 is 14.8 Å². The number of carbonyl (C=O) groups is 1. The molecular formula is C18H21FN2O3S. The summed E-state index contributed by atoms with van der Waals surface area (Å²) in [6, 6.07) is 8.68. The molecule has 25 heavy (non-hydrogen) atoms. The van der Waals surface area contributed by atoms with E-state index in [1.165, 1.54) is 17.8 Å². The molecule has 2 rings (SSSR count). The van der Waals surface area contributed by atoms with Crippen LogP contribution in [0, 0.1) is 5.82 Å². The van der Waals surface area contributed by atoms with E-state index in [2.05, 4.69) is 10.3 Å². The molecule has 0 fully saturated rings. The molecule has 0 atom stereocenters. The maximum Gasteiger partial charge on any atom is 0.342 e. The number of ether oxygens (including phenoxy) is 2. The first-order chi connectivity index (χ1) is 12.1. The van der Waals surface area contributed by atoms with Crippen molar-refractivity contribution < 1.29 is 18.7 Å². The lowest BCUT2D eigenvalue weighted by atomic mass is 10.2. The van der Waals surface area contributed by atoms with Gasteiger partial charge in [-0.25, -0.2) is 14.2 Å². The Balaban J connectivity index is 2.25. The van der Waals surface area contributed by atoms with Gasteiger partial charge in [-0.05, 0) is 36.4 Å². The molecule has 0 saturated carbocycles. The molecule has 1 heterocycles. The van der Waals surface area contributed by atoms with Crippen molar-refractivity contribution in [2.24, 2.45) is 0 Å². The lowest BCUT2D eigenvalue weighted by molar-refractivity contribution is 0.0526. The molecule has 0 spiro atoms. The summed E-state index contributed by atoms with van der Waals surface area (Å²) in [5, 5.41) is 3.36. The van der Waals surface area contributed by atoms with Crippen LogP contribution < -0.4 is 10.1 Å². The summed E-state index contributed by atoms with van der Waals surface area (Å²) in [5.41, 5.74) is 1.07. The van der Waals surface area contributed by atoms with Gasteiger partial charge in [-0.1, -0.05) is 19.1 Å². The van der Waals surface area contributed by atoms with Crippen molar-refractivity contribution in [3.8, 4) is 5.75 Å². The van der Waals surface area contributed by atoms with Crippen LogP contribution >= 0.6 is 11.8 Å². The molecular weight excluding hydrogens is 343 g/mol. The monoisotopic (exact) mass is 364 g/mol. The Morgan fingerprint density at radius 2 is 2.00 bits per heavy atom. The van der Waals surface area contributed by atoms with Crippen LogP contribution in [0.25, 0.3) is 0 Å². The number of pyridine rings is 1. The van der Waals surface area contributed by atoms with Gasteiger partial charge >= 0.3 is 5.97 Å². The number of methoxy groups -OCH3 is 1. The summed E-state index contributed by atoms with van der Waals surface area (Å²) in [5.74, 6) is 0.633. The molecule has 0 saturated heterocycles. The van der Waals surface area contributed by atoms with Crippen molar-refractivity contribution in [1.82, 2.24) is 4.98 Å². The van der Waals surface area contributed by atoms with Crippen LogP contribution in [0.2, 0.25) is 0 Å². The molecule has 0 aliphatic heterocycles. The van der Waals surface area contributed by atoms with Crippen molar-refractivity contribution in [3.05, 3.63) is 47.3 Å². The highest BCUT2D eigenvalue weighted by Crippen LogP contribution is 2.25. The van der Waals surface area contributed by atoms with Crippen LogP contribution in [-0.4, -0.2) is 30.4 Å². The van der Waals surface area contributed by atoms with Gasteiger partial charge in [0.05, 0.1) is 13.7 Å². The van der Waals surface area contributed by atoms with Gasteiger partial charge in [0, 0.05) is 6.54 Å². The number of hydrogen-bond donors (Lipinski definition) is 1. The van der Waals surface area contributed by atoms with Crippen molar-refractivity contribution in [2.75, 3.05) is 24.8 Å². The number of anilines is 1. The fourth-order valence-electron chi connectivity index (χ4n) is 2.14. The topological polar surface area (TPSA) is 60.5 Å². The highest BCUT2D eigenvalue weighted by Gasteiger charge is 2.18. The van der Waals surface area contributed by atoms with Gasteiger partial charge in [0.15, 0.2) is 5.82 Å². The molecule has 2 aromatic rings. The van der Waals surface area contributed by atoms with E-state index in [0.29, 0.717) is 18.1 Å². The second kappa shape index (κ2) is 9.27. The Bertz CT molecular complexity index is 723. The average Bonchev–Trinajstić information content (AvgIpc) is 2.62. The van der Waals surface area contributed by atoms with Crippen molar-refractivity contribution in [2.45, 2.75) is 25.4 Å². The number of carbonyl (C=O) groups excluding carboxylic acids is 1. The highest BCUT2D eigenvalue weighted by molar-refractivity contribution is 7.99. The van der Waals surface area contributed by atoms with Crippen LogP contribution in [0.5, 0.6) is 5.75 Å². The molecule has 7 heteroatoms. The van der Waals surface area contributed by atoms with Gasteiger partial charge in [0.1, 0.15) is 22.2 Å². The SMILES string of the molecule is CCOC(=O)c1cc(F)c(SCC)nc1NCc1ccc(OC)cc1.